The van der Waals surface area contributed by atoms with Crippen LogP contribution < -0.4 is 10.2 Å². The molecule has 2 aromatic rings. The summed E-state index contributed by atoms with van der Waals surface area (Å²) in [7, 11) is 0. The standard InChI is InChI=1S/C21H24FN5/c1-2-24-21(25-16-18-5-3-4-17(14-18)15-23)27-12-10-26(11-13-27)20-8-6-19(22)7-9-20/h3-9,14H,2,10-13,16H2,1H3,(H,24,25). The first-order valence-electron chi connectivity index (χ1n) is 9.22. The zero-order valence-corrected chi connectivity index (χ0v) is 15.5. The van der Waals surface area contributed by atoms with Gasteiger partial charge in [0, 0.05) is 38.4 Å². The van der Waals surface area contributed by atoms with Crippen molar-refractivity contribution in [2.75, 3.05) is 37.6 Å². The number of aliphatic imine (C=N–C) groups is 1. The van der Waals surface area contributed by atoms with E-state index in [1.165, 1.54) is 12.1 Å². The second kappa shape index (κ2) is 9.04. The number of anilines is 1. The van der Waals surface area contributed by atoms with Crippen LogP contribution in [0.25, 0.3) is 0 Å². The van der Waals surface area contributed by atoms with Crippen molar-refractivity contribution in [1.29, 1.82) is 5.26 Å². The summed E-state index contributed by atoms with van der Waals surface area (Å²) in [4.78, 5) is 9.25. The number of nitriles is 1. The van der Waals surface area contributed by atoms with E-state index in [4.69, 9.17) is 10.3 Å². The Kier molecular flexibility index (Phi) is 6.26. The van der Waals surface area contributed by atoms with Gasteiger partial charge >= 0.3 is 0 Å². The second-order valence-corrected chi connectivity index (χ2v) is 6.43. The van der Waals surface area contributed by atoms with Gasteiger partial charge < -0.3 is 15.1 Å². The van der Waals surface area contributed by atoms with Gasteiger partial charge in [-0.3, -0.25) is 0 Å². The molecule has 0 saturated carbocycles. The van der Waals surface area contributed by atoms with Crippen LogP contribution in [0.5, 0.6) is 0 Å². The Morgan fingerprint density at radius 1 is 1.15 bits per heavy atom. The minimum atomic E-state index is -0.209. The smallest absolute Gasteiger partial charge is 0.194 e. The van der Waals surface area contributed by atoms with Crippen LogP contribution in [0.4, 0.5) is 10.1 Å². The lowest BCUT2D eigenvalue weighted by atomic mass is 10.1. The molecule has 3 rings (SSSR count). The minimum absolute atomic E-state index is 0.209. The molecule has 140 valence electrons. The molecular weight excluding hydrogens is 341 g/mol. The van der Waals surface area contributed by atoms with Crippen molar-refractivity contribution in [1.82, 2.24) is 10.2 Å². The number of piperazine rings is 1. The van der Waals surface area contributed by atoms with Crippen LogP contribution in [0.3, 0.4) is 0 Å². The molecular formula is C21H24FN5. The van der Waals surface area contributed by atoms with Gasteiger partial charge in [0.05, 0.1) is 18.2 Å². The topological polar surface area (TPSA) is 54.7 Å². The number of nitrogens with one attached hydrogen (secondary N) is 1. The van der Waals surface area contributed by atoms with Gasteiger partial charge in [-0.1, -0.05) is 12.1 Å². The Morgan fingerprint density at radius 2 is 1.89 bits per heavy atom. The third-order valence-electron chi connectivity index (χ3n) is 4.57. The SMILES string of the molecule is CCNC(=NCc1cccc(C#N)c1)N1CCN(c2ccc(F)cc2)CC1. The maximum atomic E-state index is 13.1. The lowest BCUT2D eigenvalue weighted by Gasteiger charge is -2.37. The quantitative estimate of drug-likeness (QED) is 0.669. The van der Waals surface area contributed by atoms with Gasteiger partial charge in [0.1, 0.15) is 5.82 Å². The molecule has 0 aliphatic carbocycles. The van der Waals surface area contributed by atoms with Gasteiger partial charge in [0.2, 0.25) is 0 Å². The molecule has 27 heavy (non-hydrogen) atoms. The molecule has 2 aromatic carbocycles. The molecule has 1 N–H and O–H groups in total. The van der Waals surface area contributed by atoms with E-state index in [0.717, 1.165) is 49.9 Å². The molecule has 0 bridgehead atoms. The summed E-state index contributed by atoms with van der Waals surface area (Å²) < 4.78 is 13.1. The maximum absolute atomic E-state index is 13.1. The highest BCUT2D eigenvalue weighted by Crippen LogP contribution is 2.17. The summed E-state index contributed by atoms with van der Waals surface area (Å²) in [5, 5.41) is 12.4. The molecule has 6 heteroatoms. The first kappa shape index (κ1) is 18.7. The number of hydrogen-bond donors (Lipinski definition) is 1. The molecule has 0 radical (unpaired) electrons. The van der Waals surface area contributed by atoms with Gasteiger partial charge in [-0.05, 0) is 48.9 Å². The second-order valence-electron chi connectivity index (χ2n) is 6.43. The fourth-order valence-electron chi connectivity index (χ4n) is 3.16. The molecule has 0 unspecified atom stereocenters. The summed E-state index contributed by atoms with van der Waals surface area (Å²) in [5.41, 5.74) is 2.72. The lowest BCUT2D eigenvalue weighted by molar-refractivity contribution is 0.372. The van der Waals surface area contributed by atoms with Crippen molar-refractivity contribution in [3.8, 4) is 6.07 Å². The minimum Gasteiger partial charge on any atom is -0.368 e. The van der Waals surface area contributed by atoms with E-state index in [0.29, 0.717) is 12.1 Å². The van der Waals surface area contributed by atoms with Crippen molar-refractivity contribution in [3.05, 3.63) is 65.5 Å². The molecule has 1 fully saturated rings. The molecule has 0 spiro atoms. The van der Waals surface area contributed by atoms with Gasteiger partial charge in [-0.15, -0.1) is 0 Å². The van der Waals surface area contributed by atoms with Crippen molar-refractivity contribution < 1.29 is 4.39 Å². The van der Waals surface area contributed by atoms with Crippen molar-refractivity contribution in [2.45, 2.75) is 13.5 Å². The molecule has 0 aromatic heterocycles. The number of nitrogens with zero attached hydrogens (tertiary/aromatic N) is 4. The van der Waals surface area contributed by atoms with E-state index < -0.39 is 0 Å². The summed E-state index contributed by atoms with van der Waals surface area (Å²) in [5.74, 6) is 0.679. The highest BCUT2D eigenvalue weighted by molar-refractivity contribution is 5.80. The van der Waals surface area contributed by atoms with Crippen LogP contribution in [0, 0.1) is 17.1 Å². The largest absolute Gasteiger partial charge is 0.368 e. The van der Waals surface area contributed by atoms with Crippen molar-refractivity contribution in [2.24, 2.45) is 4.99 Å². The molecule has 1 aliphatic heterocycles. The molecule has 1 aliphatic rings. The van der Waals surface area contributed by atoms with Crippen LogP contribution >= 0.6 is 0 Å². The average molecular weight is 365 g/mol. The van der Waals surface area contributed by atoms with E-state index in [1.54, 1.807) is 6.07 Å². The summed E-state index contributed by atoms with van der Waals surface area (Å²) in [6.07, 6.45) is 0. The van der Waals surface area contributed by atoms with Crippen LogP contribution in [0.2, 0.25) is 0 Å². The Hall–Kier alpha value is -3.07. The summed E-state index contributed by atoms with van der Waals surface area (Å²) >= 11 is 0. The first-order chi connectivity index (χ1) is 13.2. The number of halogens is 1. The van der Waals surface area contributed by atoms with Crippen molar-refractivity contribution in [3.63, 3.8) is 0 Å². The van der Waals surface area contributed by atoms with E-state index in [9.17, 15) is 4.39 Å². The number of rotatable bonds is 4. The number of guanidine groups is 1. The van der Waals surface area contributed by atoms with Crippen LogP contribution in [-0.2, 0) is 6.54 Å². The Morgan fingerprint density at radius 3 is 2.56 bits per heavy atom. The third kappa shape index (κ3) is 4.98. The summed E-state index contributed by atoms with van der Waals surface area (Å²) in [6.45, 7) is 6.81. The van der Waals surface area contributed by atoms with E-state index >= 15 is 0 Å². The van der Waals surface area contributed by atoms with Crippen LogP contribution in [0.15, 0.2) is 53.5 Å². The van der Waals surface area contributed by atoms with Crippen LogP contribution in [0.1, 0.15) is 18.1 Å². The summed E-state index contributed by atoms with van der Waals surface area (Å²) in [6, 6.07) is 16.4. The maximum Gasteiger partial charge on any atom is 0.194 e. The fourth-order valence-corrected chi connectivity index (χ4v) is 3.16. The predicted octanol–water partition coefficient (Wildman–Crippen LogP) is 2.99. The number of hydrogen-bond acceptors (Lipinski definition) is 3. The van der Waals surface area contributed by atoms with Gasteiger partial charge in [-0.2, -0.15) is 5.26 Å². The van der Waals surface area contributed by atoms with Crippen molar-refractivity contribution >= 4 is 11.6 Å². The monoisotopic (exact) mass is 365 g/mol. The van der Waals surface area contributed by atoms with Gasteiger partial charge in [-0.25, -0.2) is 9.38 Å². The highest BCUT2D eigenvalue weighted by atomic mass is 19.1. The van der Waals surface area contributed by atoms with E-state index in [-0.39, 0.29) is 5.82 Å². The zero-order valence-electron chi connectivity index (χ0n) is 15.5. The zero-order chi connectivity index (χ0) is 19.1. The molecule has 0 amide bonds. The third-order valence-corrected chi connectivity index (χ3v) is 4.57. The molecule has 5 nitrogen and oxygen atoms in total. The first-order valence-corrected chi connectivity index (χ1v) is 9.22. The van der Waals surface area contributed by atoms with Gasteiger partial charge in [0.25, 0.3) is 0 Å². The average Bonchev–Trinajstić information content (AvgIpc) is 2.72. The Balaban J connectivity index is 1.63. The normalized spacial score (nSPS) is 14.8. The molecule has 1 saturated heterocycles. The van der Waals surface area contributed by atoms with E-state index in [2.05, 4.69) is 28.1 Å². The predicted molar refractivity (Wildman–Crippen MR) is 106 cm³/mol. The molecule has 1 heterocycles. The molecule has 0 atom stereocenters. The highest BCUT2D eigenvalue weighted by Gasteiger charge is 2.19. The van der Waals surface area contributed by atoms with Gasteiger partial charge in [0.15, 0.2) is 5.96 Å². The Bertz CT molecular complexity index is 817. The Labute approximate surface area is 159 Å². The fraction of sp³-hybridized carbons (Fsp3) is 0.333. The van der Waals surface area contributed by atoms with E-state index in [1.807, 2.05) is 30.3 Å². The number of benzene rings is 2. The van der Waals surface area contributed by atoms with Crippen LogP contribution in [-0.4, -0.2) is 43.6 Å². The lowest BCUT2D eigenvalue weighted by Crippen LogP contribution is -2.52.